The molecule has 2 atom stereocenters. The van der Waals surface area contributed by atoms with E-state index >= 15 is 0 Å². The number of aromatic nitrogens is 4. The molecule has 0 bridgehead atoms. The van der Waals surface area contributed by atoms with Gasteiger partial charge in [0.25, 0.3) is 5.91 Å². The highest BCUT2D eigenvalue weighted by Gasteiger charge is 2.34. The first-order chi connectivity index (χ1) is 19.4. The van der Waals surface area contributed by atoms with Gasteiger partial charge < -0.3 is 26.0 Å². The fourth-order valence-corrected chi connectivity index (χ4v) is 5.61. The molecule has 13 heteroatoms. The maximum Gasteiger partial charge on any atom is 0.252 e. The van der Waals surface area contributed by atoms with E-state index in [1.54, 1.807) is 16.9 Å². The molecular formula is C27H29N9O3S. The van der Waals surface area contributed by atoms with Crippen LogP contribution in [0.3, 0.4) is 0 Å². The van der Waals surface area contributed by atoms with Gasteiger partial charge in [0.1, 0.15) is 17.6 Å². The number of nitrogens with two attached hydrogens (primary N) is 1. The summed E-state index contributed by atoms with van der Waals surface area (Å²) >= 11 is 1.38. The number of pyridine rings is 1. The number of methoxy groups -OCH3 is 1. The van der Waals surface area contributed by atoms with Crippen LogP contribution >= 0.6 is 11.3 Å². The average molecular weight is 560 g/mol. The van der Waals surface area contributed by atoms with Crippen LogP contribution in [0.1, 0.15) is 34.3 Å². The minimum absolute atomic E-state index is 0.00297. The summed E-state index contributed by atoms with van der Waals surface area (Å²) in [5.41, 5.74) is 9.86. The van der Waals surface area contributed by atoms with Gasteiger partial charge in [-0.05, 0) is 24.5 Å². The molecule has 4 N–H and O–H groups in total. The van der Waals surface area contributed by atoms with Gasteiger partial charge in [-0.3, -0.25) is 14.6 Å². The molecule has 1 aliphatic heterocycles. The van der Waals surface area contributed by atoms with E-state index < -0.39 is 5.91 Å². The van der Waals surface area contributed by atoms with Crippen molar-refractivity contribution in [2.75, 3.05) is 37.0 Å². The second-order valence-electron chi connectivity index (χ2n) is 9.55. The molecule has 0 aromatic carbocycles. The van der Waals surface area contributed by atoms with Crippen LogP contribution in [0, 0.1) is 17.2 Å². The standard InChI is InChI=1S/C27H29N9O3S/c1-3-16-12-35(27-32-10-20(7-28)40-27)14-22(16)34-25-21(26(29)38)11-33-36-13-18(6-23(25)36)17-4-5-19(30-8-17)9-31-24(37)15-39-2/h4-6,8,10-11,13,16,22,34H,3,9,12,14-15H2,1-2H3,(H2,29,38)(H,31,37)/t16-,22+/m0/s1. The summed E-state index contributed by atoms with van der Waals surface area (Å²) < 4.78 is 6.54. The Kier molecular flexibility index (Phi) is 7.90. The number of hydrogen-bond donors (Lipinski definition) is 3. The number of carbonyl (C=O) groups excluding carboxylic acids is 2. The van der Waals surface area contributed by atoms with Crippen LogP contribution in [-0.4, -0.2) is 64.2 Å². The molecule has 1 aliphatic rings. The smallest absolute Gasteiger partial charge is 0.252 e. The second kappa shape index (κ2) is 11.7. The van der Waals surface area contributed by atoms with E-state index in [4.69, 9.17) is 10.5 Å². The summed E-state index contributed by atoms with van der Waals surface area (Å²) in [7, 11) is 1.47. The van der Waals surface area contributed by atoms with E-state index in [1.165, 1.54) is 24.6 Å². The number of carbonyl (C=O) groups is 2. The highest BCUT2D eigenvalue weighted by Crippen LogP contribution is 2.34. The molecule has 206 valence electrons. The van der Waals surface area contributed by atoms with Crippen molar-refractivity contribution < 1.29 is 14.3 Å². The van der Waals surface area contributed by atoms with E-state index in [0.29, 0.717) is 40.8 Å². The lowest BCUT2D eigenvalue weighted by molar-refractivity contribution is -0.124. The van der Waals surface area contributed by atoms with Gasteiger partial charge in [-0.2, -0.15) is 10.4 Å². The number of fused-ring (bicyclic) bond motifs is 1. The number of thiazole rings is 1. The molecule has 40 heavy (non-hydrogen) atoms. The van der Waals surface area contributed by atoms with E-state index in [9.17, 15) is 14.9 Å². The summed E-state index contributed by atoms with van der Waals surface area (Å²) in [6.07, 6.45) is 7.62. The zero-order valence-electron chi connectivity index (χ0n) is 22.1. The fourth-order valence-electron chi connectivity index (χ4n) is 4.88. The molecule has 1 saturated heterocycles. The number of rotatable bonds is 10. The summed E-state index contributed by atoms with van der Waals surface area (Å²) in [4.78, 5) is 35.7. The molecule has 2 amide bonds. The van der Waals surface area contributed by atoms with Crippen LogP contribution < -0.4 is 21.3 Å². The number of anilines is 2. The summed E-state index contributed by atoms with van der Waals surface area (Å²) in [6, 6.07) is 7.90. The van der Waals surface area contributed by atoms with Gasteiger partial charge in [0.2, 0.25) is 5.91 Å². The Morgan fingerprint density at radius 3 is 2.75 bits per heavy atom. The second-order valence-corrected chi connectivity index (χ2v) is 10.6. The fraction of sp³-hybridized carbons (Fsp3) is 0.333. The van der Waals surface area contributed by atoms with Crippen molar-refractivity contribution in [2.24, 2.45) is 11.7 Å². The number of nitrogens with one attached hydrogen (secondary N) is 2. The monoisotopic (exact) mass is 559 g/mol. The average Bonchev–Trinajstić information content (AvgIpc) is 3.70. The first kappa shape index (κ1) is 27.0. The normalized spacial score (nSPS) is 16.7. The third kappa shape index (κ3) is 5.58. The molecule has 5 rings (SSSR count). The molecule has 4 aromatic rings. The van der Waals surface area contributed by atoms with Crippen molar-refractivity contribution in [1.82, 2.24) is 24.9 Å². The summed E-state index contributed by atoms with van der Waals surface area (Å²) in [5, 5.41) is 20.8. The van der Waals surface area contributed by atoms with E-state index in [1.807, 2.05) is 24.4 Å². The van der Waals surface area contributed by atoms with Crippen LogP contribution in [0.4, 0.5) is 10.8 Å². The van der Waals surface area contributed by atoms with Gasteiger partial charge in [-0.15, -0.1) is 0 Å². The lowest BCUT2D eigenvalue weighted by Gasteiger charge is -2.21. The predicted molar refractivity (Wildman–Crippen MR) is 151 cm³/mol. The Labute approximate surface area is 234 Å². The van der Waals surface area contributed by atoms with Gasteiger partial charge in [0, 0.05) is 49.8 Å². The molecule has 0 aliphatic carbocycles. The maximum atomic E-state index is 12.4. The molecule has 0 saturated carbocycles. The number of nitriles is 1. The SMILES string of the molecule is CC[C@H]1CN(c2ncc(C#N)s2)C[C@H]1Nc1c(C(N)=O)cnn2cc(-c3ccc(CNC(=O)COC)nc3)cc12. The van der Waals surface area contributed by atoms with E-state index in [-0.39, 0.29) is 18.6 Å². The van der Waals surface area contributed by atoms with Gasteiger partial charge in [-0.25, -0.2) is 9.50 Å². The number of nitrogens with zero attached hydrogens (tertiary/aromatic N) is 6. The minimum atomic E-state index is -0.566. The first-order valence-corrected chi connectivity index (χ1v) is 13.6. The van der Waals surface area contributed by atoms with Crippen molar-refractivity contribution in [3.05, 3.63) is 59.1 Å². The van der Waals surface area contributed by atoms with Gasteiger partial charge in [0.05, 0.1) is 41.4 Å². The Balaban J connectivity index is 1.41. The zero-order chi connectivity index (χ0) is 28.2. The van der Waals surface area contributed by atoms with Gasteiger partial charge in [-0.1, -0.05) is 24.3 Å². The predicted octanol–water partition coefficient (Wildman–Crippen LogP) is 2.41. The van der Waals surface area contributed by atoms with E-state index in [0.717, 1.165) is 34.7 Å². The van der Waals surface area contributed by atoms with Crippen LogP contribution in [0.25, 0.3) is 16.6 Å². The topological polar surface area (TPSA) is 164 Å². The Hall–Kier alpha value is -4.54. The summed E-state index contributed by atoms with van der Waals surface area (Å²) in [5.74, 6) is -0.486. The molecule has 1 fully saturated rings. The van der Waals surface area contributed by atoms with Crippen molar-refractivity contribution in [1.29, 1.82) is 5.26 Å². The molecular weight excluding hydrogens is 530 g/mol. The van der Waals surface area contributed by atoms with Crippen LogP contribution in [0.15, 0.2) is 43.0 Å². The molecule has 0 spiro atoms. The third-order valence-electron chi connectivity index (χ3n) is 6.97. The van der Waals surface area contributed by atoms with Crippen LogP contribution in [0.2, 0.25) is 0 Å². The van der Waals surface area contributed by atoms with Crippen LogP contribution in [-0.2, 0) is 16.1 Å². The minimum Gasteiger partial charge on any atom is -0.378 e. The number of amides is 2. The lowest BCUT2D eigenvalue weighted by atomic mass is 10.00. The molecule has 4 aromatic heterocycles. The van der Waals surface area contributed by atoms with Crippen molar-refractivity contribution in [3.63, 3.8) is 0 Å². The number of primary amides is 1. The maximum absolute atomic E-state index is 12.4. The Morgan fingerprint density at radius 1 is 1.23 bits per heavy atom. The quantitative estimate of drug-likeness (QED) is 0.265. The van der Waals surface area contributed by atoms with Gasteiger partial charge >= 0.3 is 0 Å². The molecule has 0 radical (unpaired) electrons. The Morgan fingerprint density at radius 2 is 2.08 bits per heavy atom. The van der Waals surface area contributed by atoms with Crippen molar-refractivity contribution in [3.8, 4) is 17.2 Å². The number of hydrogen-bond acceptors (Lipinski definition) is 10. The molecule has 12 nitrogen and oxygen atoms in total. The highest BCUT2D eigenvalue weighted by atomic mass is 32.1. The highest BCUT2D eigenvalue weighted by molar-refractivity contribution is 7.16. The molecule has 0 unspecified atom stereocenters. The first-order valence-electron chi connectivity index (χ1n) is 12.8. The molecule has 5 heterocycles. The third-order valence-corrected chi connectivity index (χ3v) is 7.93. The summed E-state index contributed by atoms with van der Waals surface area (Å²) in [6.45, 7) is 3.89. The van der Waals surface area contributed by atoms with E-state index in [2.05, 4.69) is 43.6 Å². The van der Waals surface area contributed by atoms with Crippen molar-refractivity contribution in [2.45, 2.75) is 25.9 Å². The van der Waals surface area contributed by atoms with Crippen LogP contribution in [0.5, 0.6) is 0 Å². The zero-order valence-corrected chi connectivity index (χ0v) is 22.9. The van der Waals surface area contributed by atoms with Crippen molar-refractivity contribution >= 4 is 39.5 Å². The largest absolute Gasteiger partial charge is 0.378 e. The van der Waals surface area contributed by atoms with Gasteiger partial charge in [0.15, 0.2) is 5.13 Å². The number of ether oxygens (including phenoxy) is 1. The lowest BCUT2D eigenvalue weighted by Crippen LogP contribution is -2.30. The Bertz CT molecular complexity index is 1570.